The predicted octanol–water partition coefficient (Wildman–Crippen LogP) is 2.94. The van der Waals surface area contributed by atoms with Gasteiger partial charge in [-0.3, -0.25) is 0 Å². The van der Waals surface area contributed by atoms with Crippen molar-refractivity contribution in [1.82, 2.24) is 9.78 Å². The number of alkyl halides is 3. The quantitative estimate of drug-likeness (QED) is 0.897. The third kappa shape index (κ3) is 2.38. The van der Waals surface area contributed by atoms with Crippen LogP contribution in [-0.4, -0.2) is 14.9 Å². The summed E-state index contributed by atoms with van der Waals surface area (Å²) >= 11 is 0. The van der Waals surface area contributed by atoms with Gasteiger partial charge in [-0.25, -0.2) is 4.68 Å². The van der Waals surface area contributed by atoms with Gasteiger partial charge in [0.2, 0.25) is 0 Å². The fraction of sp³-hybridized carbons (Fsp3) is 0.250. The van der Waals surface area contributed by atoms with Crippen LogP contribution >= 0.6 is 0 Å². The normalized spacial score (nSPS) is 13.6. The molecule has 1 unspecified atom stereocenters. The number of aliphatic hydroxyl groups excluding tert-OH is 1. The molecule has 1 aromatic carbocycles. The van der Waals surface area contributed by atoms with E-state index in [-0.39, 0.29) is 0 Å². The van der Waals surface area contributed by atoms with Crippen molar-refractivity contribution >= 4 is 0 Å². The van der Waals surface area contributed by atoms with E-state index in [4.69, 9.17) is 0 Å². The number of aliphatic hydroxyl groups is 1. The molecule has 1 atom stereocenters. The zero-order chi connectivity index (χ0) is 13.3. The molecule has 0 fully saturated rings. The highest BCUT2D eigenvalue weighted by Crippen LogP contribution is 2.30. The molecule has 2 aromatic rings. The molecule has 1 aromatic heterocycles. The first-order chi connectivity index (χ1) is 8.39. The van der Waals surface area contributed by atoms with Crippen molar-refractivity contribution in [2.24, 2.45) is 0 Å². The number of hydrogen-bond donors (Lipinski definition) is 1. The molecule has 6 heteroatoms. The van der Waals surface area contributed by atoms with Crippen LogP contribution in [0.4, 0.5) is 13.2 Å². The van der Waals surface area contributed by atoms with E-state index in [1.54, 1.807) is 31.2 Å². The first kappa shape index (κ1) is 12.6. The number of nitrogens with zero attached hydrogens (tertiary/aromatic N) is 2. The third-order valence-corrected chi connectivity index (χ3v) is 2.54. The molecule has 0 spiro atoms. The van der Waals surface area contributed by atoms with Crippen LogP contribution in [0.15, 0.2) is 36.7 Å². The second kappa shape index (κ2) is 4.45. The van der Waals surface area contributed by atoms with Gasteiger partial charge < -0.3 is 5.11 Å². The van der Waals surface area contributed by atoms with Crippen molar-refractivity contribution in [1.29, 1.82) is 0 Å². The van der Waals surface area contributed by atoms with E-state index in [1.807, 2.05) is 0 Å². The largest absolute Gasteiger partial charge is 0.419 e. The monoisotopic (exact) mass is 256 g/mol. The van der Waals surface area contributed by atoms with E-state index in [9.17, 15) is 18.3 Å². The Labute approximate surface area is 101 Å². The Hall–Kier alpha value is -1.82. The van der Waals surface area contributed by atoms with Gasteiger partial charge in [0, 0.05) is 11.8 Å². The summed E-state index contributed by atoms with van der Waals surface area (Å²) in [5.74, 6) is 0. The van der Waals surface area contributed by atoms with E-state index in [1.165, 1.54) is 0 Å². The molecule has 1 heterocycles. The minimum atomic E-state index is -4.42. The van der Waals surface area contributed by atoms with Crippen LogP contribution in [0, 0.1) is 0 Å². The molecule has 0 saturated heterocycles. The van der Waals surface area contributed by atoms with Crippen molar-refractivity contribution in [3.8, 4) is 5.69 Å². The fourth-order valence-electron chi connectivity index (χ4n) is 1.65. The zero-order valence-electron chi connectivity index (χ0n) is 9.52. The molecule has 0 amide bonds. The van der Waals surface area contributed by atoms with E-state index < -0.39 is 17.8 Å². The van der Waals surface area contributed by atoms with Gasteiger partial charge in [-0.15, -0.1) is 0 Å². The van der Waals surface area contributed by atoms with E-state index in [0.717, 1.165) is 17.1 Å². The molecule has 0 aliphatic carbocycles. The van der Waals surface area contributed by atoms with Crippen molar-refractivity contribution in [3.63, 3.8) is 0 Å². The lowest BCUT2D eigenvalue weighted by molar-refractivity contribution is -0.137. The standard InChI is InChI=1S/C12H11F3N2O/c1-8(18)10-4-2-3-5-11(10)17-7-9(6-16-17)12(13,14)15/h2-8,18H,1H3. The third-order valence-electron chi connectivity index (χ3n) is 2.54. The first-order valence-electron chi connectivity index (χ1n) is 5.29. The van der Waals surface area contributed by atoms with E-state index in [2.05, 4.69) is 5.10 Å². The molecule has 3 nitrogen and oxygen atoms in total. The smallest absolute Gasteiger partial charge is 0.389 e. The summed E-state index contributed by atoms with van der Waals surface area (Å²) in [6.07, 6.45) is -3.53. The number of para-hydroxylation sites is 1. The van der Waals surface area contributed by atoms with Gasteiger partial charge >= 0.3 is 6.18 Å². The Balaban J connectivity index is 2.47. The lowest BCUT2D eigenvalue weighted by Gasteiger charge is -2.11. The maximum atomic E-state index is 12.5. The lowest BCUT2D eigenvalue weighted by Crippen LogP contribution is -2.04. The SMILES string of the molecule is CC(O)c1ccccc1-n1cc(C(F)(F)F)cn1. The highest BCUT2D eigenvalue weighted by molar-refractivity contribution is 5.42. The van der Waals surface area contributed by atoms with Gasteiger partial charge in [0.15, 0.2) is 0 Å². The predicted molar refractivity (Wildman–Crippen MR) is 59.2 cm³/mol. The number of benzene rings is 1. The maximum absolute atomic E-state index is 12.5. The van der Waals surface area contributed by atoms with Crippen molar-refractivity contribution in [2.75, 3.05) is 0 Å². The highest BCUT2D eigenvalue weighted by Gasteiger charge is 2.32. The van der Waals surface area contributed by atoms with Gasteiger partial charge in [0.1, 0.15) is 0 Å². The first-order valence-corrected chi connectivity index (χ1v) is 5.29. The summed E-state index contributed by atoms with van der Waals surface area (Å²) in [4.78, 5) is 0. The van der Waals surface area contributed by atoms with Crippen LogP contribution in [0.2, 0.25) is 0 Å². The number of rotatable bonds is 2. The summed E-state index contributed by atoms with van der Waals surface area (Å²) in [5.41, 5.74) is 0.139. The fourth-order valence-corrected chi connectivity index (χ4v) is 1.65. The maximum Gasteiger partial charge on any atom is 0.419 e. The Morgan fingerprint density at radius 1 is 1.28 bits per heavy atom. The molecule has 18 heavy (non-hydrogen) atoms. The van der Waals surface area contributed by atoms with Gasteiger partial charge in [-0.1, -0.05) is 18.2 Å². The number of halogens is 3. The summed E-state index contributed by atoms with van der Waals surface area (Å²) in [7, 11) is 0. The van der Waals surface area contributed by atoms with Crippen LogP contribution in [0.5, 0.6) is 0 Å². The van der Waals surface area contributed by atoms with E-state index >= 15 is 0 Å². The average Bonchev–Trinajstić information content (AvgIpc) is 2.77. The molecule has 0 bridgehead atoms. The van der Waals surface area contributed by atoms with Gasteiger partial charge in [0.05, 0.1) is 23.6 Å². The van der Waals surface area contributed by atoms with Gasteiger partial charge in [-0.05, 0) is 13.0 Å². The summed E-state index contributed by atoms with van der Waals surface area (Å²) in [6, 6.07) is 6.64. The molecular formula is C12H11F3N2O. The van der Waals surface area contributed by atoms with Crippen LogP contribution in [-0.2, 0) is 6.18 Å². The van der Waals surface area contributed by atoms with Crippen LogP contribution in [0.3, 0.4) is 0 Å². The zero-order valence-corrected chi connectivity index (χ0v) is 9.52. The molecule has 0 saturated carbocycles. The Kier molecular flexibility index (Phi) is 3.13. The molecule has 0 radical (unpaired) electrons. The Morgan fingerprint density at radius 2 is 1.94 bits per heavy atom. The van der Waals surface area contributed by atoms with Crippen molar-refractivity contribution < 1.29 is 18.3 Å². The van der Waals surface area contributed by atoms with Crippen LogP contribution in [0.1, 0.15) is 24.2 Å². The molecule has 0 aliphatic rings. The summed E-state index contributed by atoms with van der Waals surface area (Å²) in [6.45, 7) is 1.55. The molecular weight excluding hydrogens is 245 g/mol. The number of aromatic nitrogens is 2. The lowest BCUT2D eigenvalue weighted by atomic mass is 10.1. The van der Waals surface area contributed by atoms with Gasteiger partial charge in [0.25, 0.3) is 0 Å². The second-order valence-electron chi connectivity index (χ2n) is 3.91. The average molecular weight is 256 g/mol. The second-order valence-corrected chi connectivity index (χ2v) is 3.91. The summed E-state index contributed by atoms with van der Waals surface area (Å²) < 4.78 is 38.5. The molecule has 2 rings (SSSR count). The number of hydrogen-bond acceptors (Lipinski definition) is 2. The molecule has 1 N–H and O–H groups in total. The van der Waals surface area contributed by atoms with Crippen LogP contribution < -0.4 is 0 Å². The highest BCUT2D eigenvalue weighted by atomic mass is 19.4. The molecule has 0 aliphatic heterocycles. The topological polar surface area (TPSA) is 38.0 Å². The van der Waals surface area contributed by atoms with E-state index in [0.29, 0.717) is 11.3 Å². The molecule has 96 valence electrons. The summed E-state index contributed by atoms with van der Waals surface area (Å²) in [5, 5.41) is 13.3. The Bertz CT molecular complexity index is 546. The van der Waals surface area contributed by atoms with Gasteiger partial charge in [-0.2, -0.15) is 18.3 Å². The minimum absolute atomic E-state index is 0.433. The minimum Gasteiger partial charge on any atom is -0.389 e. The van der Waals surface area contributed by atoms with Crippen molar-refractivity contribution in [2.45, 2.75) is 19.2 Å². The van der Waals surface area contributed by atoms with Crippen molar-refractivity contribution in [3.05, 3.63) is 47.8 Å². The van der Waals surface area contributed by atoms with Crippen LogP contribution in [0.25, 0.3) is 5.69 Å². The Morgan fingerprint density at radius 3 is 2.50 bits per heavy atom.